The first kappa shape index (κ1) is 10.2. The lowest BCUT2D eigenvalue weighted by Gasteiger charge is -1.98. The molecule has 0 aromatic carbocycles. The fourth-order valence-electron chi connectivity index (χ4n) is 1.08. The first-order valence-electron chi connectivity index (χ1n) is 4.34. The summed E-state index contributed by atoms with van der Waals surface area (Å²) in [5, 5.41) is 0.603. The van der Waals surface area contributed by atoms with Crippen molar-refractivity contribution in [1.82, 2.24) is 4.98 Å². The number of hydrogen-bond donors (Lipinski definition) is 0. The van der Waals surface area contributed by atoms with Crippen LogP contribution in [0.4, 0.5) is 0 Å². The first-order chi connectivity index (χ1) is 6.22. The first-order valence-corrected chi connectivity index (χ1v) is 4.72. The lowest BCUT2D eigenvalue weighted by Crippen LogP contribution is -2.03. The van der Waals surface area contributed by atoms with Gasteiger partial charge in [-0.2, -0.15) is 0 Å². The van der Waals surface area contributed by atoms with Crippen LogP contribution in [-0.2, 0) is 11.2 Å². The van der Waals surface area contributed by atoms with Gasteiger partial charge in [-0.3, -0.25) is 9.78 Å². The Kier molecular flexibility index (Phi) is 3.90. The number of halogens is 1. The van der Waals surface area contributed by atoms with E-state index < -0.39 is 0 Å². The van der Waals surface area contributed by atoms with Crippen LogP contribution in [0.2, 0.25) is 5.02 Å². The molecule has 13 heavy (non-hydrogen) atoms. The molecule has 0 radical (unpaired) electrons. The molecule has 3 heteroatoms. The van der Waals surface area contributed by atoms with Gasteiger partial charge in [-0.15, -0.1) is 0 Å². The molecule has 0 N–H and O–H groups in total. The predicted molar refractivity (Wildman–Crippen MR) is 52.9 cm³/mol. The number of pyridine rings is 1. The average molecular weight is 198 g/mol. The summed E-state index contributed by atoms with van der Waals surface area (Å²) in [5.41, 5.74) is 0.794. The Labute approximate surface area is 82.9 Å². The lowest BCUT2D eigenvalue weighted by molar-refractivity contribution is -0.118. The van der Waals surface area contributed by atoms with Crippen molar-refractivity contribution in [2.75, 3.05) is 0 Å². The van der Waals surface area contributed by atoms with E-state index >= 15 is 0 Å². The zero-order valence-electron chi connectivity index (χ0n) is 7.59. The standard InChI is InChI=1S/C10H12ClNO/c1-2-3-10(13)6-9-5-4-8(11)7-12-9/h4-5,7H,2-3,6H2,1H3. The third-order valence-corrected chi connectivity index (χ3v) is 1.92. The predicted octanol–water partition coefficient (Wildman–Crippen LogP) is 2.65. The molecule has 70 valence electrons. The summed E-state index contributed by atoms with van der Waals surface area (Å²) < 4.78 is 0. The Morgan fingerprint density at radius 1 is 1.54 bits per heavy atom. The van der Waals surface area contributed by atoms with E-state index in [0.717, 1.165) is 12.1 Å². The summed E-state index contributed by atoms with van der Waals surface area (Å²) in [6.45, 7) is 1.99. The minimum Gasteiger partial charge on any atom is -0.299 e. The summed E-state index contributed by atoms with van der Waals surface area (Å²) in [5.74, 6) is 0.234. The van der Waals surface area contributed by atoms with E-state index in [1.54, 1.807) is 18.3 Å². The Balaban J connectivity index is 2.54. The molecule has 1 rings (SSSR count). The maximum absolute atomic E-state index is 11.2. The van der Waals surface area contributed by atoms with Crippen LogP contribution in [-0.4, -0.2) is 10.8 Å². The number of aromatic nitrogens is 1. The average Bonchev–Trinajstić information content (AvgIpc) is 2.09. The molecule has 1 aromatic heterocycles. The lowest BCUT2D eigenvalue weighted by atomic mass is 10.1. The zero-order valence-corrected chi connectivity index (χ0v) is 8.34. The van der Waals surface area contributed by atoms with Crippen molar-refractivity contribution >= 4 is 17.4 Å². The summed E-state index contributed by atoms with van der Waals surface area (Å²) in [4.78, 5) is 15.3. The highest BCUT2D eigenvalue weighted by Crippen LogP contribution is 2.07. The van der Waals surface area contributed by atoms with Crippen molar-refractivity contribution in [3.63, 3.8) is 0 Å². The van der Waals surface area contributed by atoms with Crippen LogP contribution in [0.15, 0.2) is 18.3 Å². The maximum Gasteiger partial charge on any atom is 0.138 e. The van der Waals surface area contributed by atoms with Crippen molar-refractivity contribution in [3.05, 3.63) is 29.0 Å². The van der Waals surface area contributed by atoms with Crippen molar-refractivity contribution in [2.24, 2.45) is 0 Å². The van der Waals surface area contributed by atoms with Gasteiger partial charge in [0, 0.05) is 24.7 Å². The monoisotopic (exact) mass is 197 g/mol. The number of hydrogen-bond acceptors (Lipinski definition) is 2. The van der Waals surface area contributed by atoms with Crippen LogP contribution in [0.1, 0.15) is 25.5 Å². The topological polar surface area (TPSA) is 30.0 Å². The molecule has 1 heterocycles. The summed E-state index contributed by atoms with van der Waals surface area (Å²) >= 11 is 5.66. The molecule has 0 aliphatic carbocycles. The number of ketones is 1. The van der Waals surface area contributed by atoms with Gasteiger partial charge < -0.3 is 0 Å². The number of rotatable bonds is 4. The zero-order chi connectivity index (χ0) is 9.68. The molecule has 1 aromatic rings. The van der Waals surface area contributed by atoms with Crippen LogP contribution in [0.25, 0.3) is 0 Å². The molecule has 0 saturated heterocycles. The quantitative estimate of drug-likeness (QED) is 0.743. The third-order valence-electron chi connectivity index (χ3n) is 1.70. The van der Waals surface area contributed by atoms with Gasteiger partial charge in [-0.25, -0.2) is 0 Å². The largest absolute Gasteiger partial charge is 0.299 e. The van der Waals surface area contributed by atoms with E-state index in [9.17, 15) is 4.79 Å². The van der Waals surface area contributed by atoms with Gasteiger partial charge in [0.05, 0.1) is 5.02 Å². The number of carbonyl (C=O) groups excluding carboxylic acids is 1. The van der Waals surface area contributed by atoms with Crippen LogP contribution in [0.3, 0.4) is 0 Å². The van der Waals surface area contributed by atoms with Gasteiger partial charge >= 0.3 is 0 Å². The molecule has 0 aliphatic heterocycles. The smallest absolute Gasteiger partial charge is 0.138 e. The number of Topliss-reactive ketones (excluding diaryl/α,β-unsaturated/α-hetero) is 1. The Morgan fingerprint density at radius 2 is 2.31 bits per heavy atom. The highest BCUT2D eigenvalue weighted by molar-refractivity contribution is 6.30. The van der Waals surface area contributed by atoms with Crippen molar-refractivity contribution in [3.8, 4) is 0 Å². The second-order valence-electron chi connectivity index (χ2n) is 2.93. The molecule has 0 bridgehead atoms. The van der Waals surface area contributed by atoms with Crippen LogP contribution < -0.4 is 0 Å². The van der Waals surface area contributed by atoms with Gasteiger partial charge in [0.1, 0.15) is 5.78 Å². The molecule has 2 nitrogen and oxygen atoms in total. The minimum absolute atomic E-state index is 0.234. The van der Waals surface area contributed by atoms with Crippen molar-refractivity contribution < 1.29 is 4.79 Å². The van der Waals surface area contributed by atoms with E-state index in [2.05, 4.69) is 4.98 Å². The van der Waals surface area contributed by atoms with Gasteiger partial charge in [0.25, 0.3) is 0 Å². The molecule has 0 aliphatic rings. The number of carbonyl (C=O) groups is 1. The van der Waals surface area contributed by atoms with E-state index in [1.807, 2.05) is 6.92 Å². The van der Waals surface area contributed by atoms with E-state index in [0.29, 0.717) is 17.9 Å². The van der Waals surface area contributed by atoms with Crippen LogP contribution in [0.5, 0.6) is 0 Å². The minimum atomic E-state index is 0.234. The molecular formula is C10H12ClNO. The highest BCUT2D eigenvalue weighted by atomic mass is 35.5. The molecular weight excluding hydrogens is 186 g/mol. The Bertz CT molecular complexity index is 281. The van der Waals surface area contributed by atoms with E-state index in [4.69, 9.17) is 11.6 Å². The Hall–Kier alpha value is -0.890. The molecule has 0 fully saturated rings. The summed E-state index contributed by atoms with van der Waals surface area (Å²) in [7, 11) is 0. The van der Waals surface area contributed by atoms with Crippen LogP contribution in [0, 0.1) is 0 Å². The van der Waals surface area contributed by atoms with Gasteiger partial charge in [0.15, 0.2) is 0 Å². The fraction of sp³-hybridized carbons (Fsp3) is 0.400. The molecule has 0 saturated carbocycles. The van der Waals surface area contributed by atoms with Gasteiger partial charge in [0.2, 0.25) is 0 Å². The Morgan fingerprint density at radius 3 is 2.85 bits per heavy atom. The molecule has 0 spiro atoms. The second kappa shape index (κ2) is 4.97. The van der Waals surface area contributed by atoms with Gasteiger partial charge in [-0.1, -0.05) is 18.5 Å². The fourth-order valence-corrected chi connectivity index (χ4v) is 1.19. The van der Waals surface area contributed by atoms with Crippen molar-refractivity contribution in [1.29, 1.82) is 0 Å². The summed E-state index contributed by atoms with van der Waals surface area (Å²) in [6.07, 6.45) is 3.51. The van der Waals surface area contributed by atoms with E-state index in [-0.39, 0.29) is 5.78 Å². The molecule has 0 amide bonds. The second-order valence-corrected chi connectivity index (χ2v) is 3.37. The third kappa shape index (κ3) is 3.55. The number of nitrogens with zero attached hydrogens (tertiary/aromatic N) is 1. The van der Waals surface area contributed by atoms with Crippen molar-refractivity contribution in [2.45, 2.75) is 26.2 Å². The summed E-state index contributed by atoms with van der Waals surface area (Å²) in [6, 6.07) is 3.54. The maximum atomic E-state index is 11.2. The highest BCUT2D eigenvalue weighted by Gasteiger charge is 2.02. The SMILES string of the molecule is CCCC(=O)Cc1ccc(Cl)cn1. The molecule has 0 unspecified atom stereocenters. The van der Waals surface area contributed by atoms with Gasteiger partial charge in [-0.05, 0) is 18.6 Å². The van der Waals surface area contributed by atoms with E-state index in [1.165, 1.54) is 0 Å². The normalized spacial score (nSPS) is 10.0. The van der Waals surface area contributed by atoms with Crippen LogP contribution >= 0.6 is 11.6 Å². The molecule has 0 atom stereocenters.